The van der Waals surface area contributed by atoms with Gasteiger partial charge in [0.1, 0.15) is 17.2 Å². The van der Waals surface area contributed by atoms with Crippen LogP contribution in [0.3, 0.4) is 0 Å². The Balaban J connectivity index is 2.22. The van der Waals surface area contributed by atoms with Crippen molar-refractivity contribution in [3.8, 4) is 17.2 Å². The number of esters is 2. The van der Waals surface area contributed by atoms with Crippen molar-refractivity contribution in [1.29, 1.82) is 0 Å². The Labute approximate surface area is 200 Å². The van der Waals surface area contributed by atoms with Crippen LogP contribution in [0.5, 0.6) is 17.2 Å². The number of hydrogen-bond acceptors (Lipinski definition) is 5. The van der Waals surface area contributed by atoms with Gasteiger partial charge in [-0.05, 0) is 79.3 Å². The molecule has 0 bridgehead atoms. The van der Waals surface area contributed by atoms with Crippen molar-refractivity contribution >= 4 is 11.9 Å². The SMILES string of the molecule is C=CC(=O)Oc1cc(C)c(C(c2cc(C)c(OC(=O)C=C)cc2C)c2ccccc2O)cc1C. The van der Waals surface area contributed by atoms with Gasteiger partial charge < -0.3 is 14.6 Å². The second-order valence-electron chi connectivity index (χ2n) is 8.19. The van der Waals surface area contributed by atoms with Gasteiger partial charge in [-0.15, -0.1) is 0 Å². The van der Waals surface area contributed by atoms with Crippen LogP contribution >= 0.6 is 0 Å². The van der Waals surface area contributed by atoms with Crippen LogP contribution in [-0.2, 0) is 9.59 Å². The molecule has 0 aromatic heterocycles. The zero-order valence-corrected chi connectivity index (χ0v) is 19.8. The Morgan fingerprint density at radius 3 is 1.59 bits per heavy atom. The van der Waals surface area contributed by atoms with Crippen molar-refractivity contribution in [2.75, 3.05) is 0 Å². The number of phenols is 1. The number of aryl methyl sites for hydroxylation is 4. The number of phenolic OH excluding ortho intramolecular Hbond substituents is 1. The maximum absolute atomic E-state index is 11.7. The number of aromatic hydroxyl groups is 1. The molecule has 3 aromatic carbocycles. The number of hydrogen-bond donors (Lipinski definition) is 1. The Kier molecular flexibility index (Phi) is 7.37. The summed E-state index contributed by atoms with van der Waals surface area (Å²) in [6.07, 6.45) is 2.25. The third-order valence-electron chi connectivity index (χ3n) is 5.75. The van der Waals surface area contributed by atoms with Crippen LogP contribution in [0.4, 0.5) is 0 Å². The normalized spacial score (nSPS) is 10.6. The lowest BCUT2D eigenvalue weighted by Gasteiger charge is -2.25. The zero-order valence-electron chi connectivity index (χ0n) is 19.8. The van der Waals surface area contributed by atoms with Crippen LogP contribution in [-0.4, -0.2) is 17.0 Å². The van der Waals surface area contributed by atoms with Gasteiger partial charge in [-0.2, -0.15) is 0 Å². The second kappa shape index (κ2) is 10.2. The molecule has 0 heterocycles. The molecule has 34 heavy (non-hydrogen) atoms. The average Bonchev–Trinajstić information content (AvgIpc) is 2.80. The number of ether oxygens (including phenoxy) is 2. The van der Waals surface area contributed by atoms with Crippen molar-refractivity contribution in [2.45, 2.75) is 33.6 Å². The molecule has 5 heteroatoms. The Morgan fingerprint density at radius 1 is 0.735 bits per heavy atom. The van der Waals surface area contributed by atoms with Crippen molar-refractivity contribution in [3.05, 3.63) is 113 Å². The number of benzene rings is 3. The Hall–Kier alpha value is -4.12. The fourth-order valence-electron chi connectivity index (χ4n) is 4.00. The summed E-state index contributed by atoms with van der Waals surface area (Å²) >= 11 is 0. The standard InChI is InChI=1S/C29H28O5/c1-7-27(31)33-25-15-17(3)22(13-19(25)5)29(21-11-9-10-12-24(21)30)23-14-20(6)26(16-18(23)4)34-28(32)8-2/h7-16,29-30H,1-2H2,3-6H3. The molecule has 0 aliphatic carbocycles. The van der Waals surface area contributed by atoms with E-state index in [4.69, 9.17) is 9.47 Å². The van der Waals surface area contributed by atoms with Crippen LogP contribution in [0, 0.1) is 27.7 Å². The van der Waals surface area contributed by atoms with E-state index in [-0.39, 0.29) is 11.7 Å². The first-order valence-electron chi connectivity index (χ1n) is 10.8. The third-order valence-corrected chi connectivity index (χ3v) is 5.75. The summed E-state index contributed by atoms with van der Waals surface area (Å²) in [5.74, 6) is -0.270. The highest BCUT2D eigenvalue weighted by Gasteiger charge is 2.25. The van der Waals surface area contributed by atoms with E-state index >= 15 is 0 Å². The molecule has 5 nitrogen and oxygen atoms in total. The van der Waals surface area contributed by atoms with Gasteiger partial charge in [0, 0.05) is 23.6 Å². The van der Waals surface area contributed by atoms with Gasteiger partial charge >= 0.3 is 11.9 Å². The third kappa shape index (κ3) is 5.09. The molecule has 1 N–H and O–H groups in total. The summed E-state index contributed by atoms with van der Waals surface area (Å²) in [4.78, 5) is 23.5. The summed E-state index contributed by atoms with van der Waals surface area (Å²) in [6, 6.07) is 14.8. The Bertz CT molecular complexity index is 1210. The molecule has 0 atom stereocenters. The maximum Gasteiger partial charge on any atom is 0.335 e. The molecule has 0 aliphatic heterocycles. The number of carbonyl (C=O) groups excluding carboxylic acids is 2. The van der Waals surface area contributed by atoms with Crippen LogP contribution in [0.1, 0.15) is 44.9 Å². The lowest BCUT2D eigenvalue weighted by Crippen LogP contribution is -2.11. The smallest absolute Gasteiger partial charge is 0.335 e. The van der Waals surface area contributed by atoms with Crippen LogP contribution < -0.4 is 9.47 Å². The van der Waals surface area contributed by atoms with Gasteiger partial charge in [-0.1, -0.05) is 43.5 Å². The van der Waals surface area contributed by atoms with Crippen molar-refractivity contribution in [3.63, 3.8) is 0 Å². The molecule has 0 spiro atoms. The number of carbonyl (C=O) groups is 2. The molecule has 0 radical (unpaired) electrons. The van der Waals surface area contributed by atoms with Crippen molar-refractivity contribution in [1.82, 2.24) is 0 Å². The minimum Gasteiger partial charge on any atom is -0.508 e. The molecule has 3 aromatic rings. The molecule has 174 valence electrons. The molecular weight excluding hydrogens is 428 g/mol. The summed E-state index contributed by atoms with van der Waals surface area (Å²) < 4.78 is 10.8. The van der Waals surface area contributed by atoms with Gasteiger partial charge in [0.2, 0.25) is 0 Å². The molecular formula is C29H28O5. The molecule has 0 saturated heterocycles. The lowest BCUT2D eigenvalue weighted by atomic mass is 9.79. The largest absolute Gasteiger partial charge is 0.508 e. The van der Waals surface area contributed by atoms with E-state index in [1.54, 1.807) is 12.1 Å². The number of rotatable bonds is 7. The molecule has 0 fully saturated rings. The second-order valence-corrected chi connectivity index (χ2v) is 8.19. The highest BCUT2D eigenvalue weighted by molar-refractivity contribution is 5.84. The summed E-state index contributed by atoms with van der Waals surface area (Å²) in [6.45, 7) is 14.5. The van der Waals surface area contributed by atoms with Crippen LogP contribution in [0.25, 0.3) is 0 Å². The number of para-hydroxylation sites is 1. The molecule has 0 unspecified atom stereocenters. The highest BCUT2D eigenvalue weighted by Crippen LogP contribution is 2.42. The zero-order chi connectivity index (χ0) is 25.0. The fourth-order valence-corrected chi connectivity index (χ4v) is 4.00. The van der Waals surface area contributed by atoms with Crippen LogP contribution in [0.15, 0.2) is 73.8 Å². The molecule has 0 amide bonds. The minimum absolute atomic E-state index is 0.172. The van der Waals surface area contributed by atoms with Gasteiger partial charge in [-0.3, -0.25) is 0 Å². The first kappa shape index (κ1) is 24.5. The van der Waals surface area contributed by atoms with Gasteiger partial charge in [-0.25, -0.2) is 9.59 Å². The van der Waals surface area contributed by atoms with Gasteiger partial charge in [0.05, 0.1) is 0 Å². The highest BCUT2D eigenvalue weighted by atomic mass is 16.5. The van der Waals surface area contributed by atoms with E-state index in [1.807, 2.05) is 64.1 Å². The molecule has 0 saturated carbocycles. The van der Waals surface area contributed by atoms with Crippen molar-refractivity contribution < 1.29 is 24.2 Å². The monoisotopic (exact) mass is 456 g/mol. The average molecular weight is 457 g/mol. The maximum atomic E-state index is 11.7. The Morgan fingerprint density at radius 2 is 1.18 bits per heavy atom. The van der Waals surface area contributed by atoms with E-state index < -0.39 is 11.9 Å². The topological polar surface area (TPSA) is 72.8 Å². The van der Waals surface area contributed by atoms with Crippen molar-refractivity contribution in [2.24, 2.45) is 0 Å². The van der Waals surface area contributed by atoms with E-state index in [0.29, 0.717) is 11.5 Å². The molecule has 3 rings (SSSR count). The predicted octanol–water partition coefficient (Wildman–Crippen LogP) is 5.99. The van der Waals surface area contributed by atoms with E-state index in [0.717, 1.165) is 51.1 Å². The predicted molar refractivity (Wildman–Crippen MR) is 133 cm³/mol. The summed E-state index contributed by atoms with van der Waals surface area (Å²) in [7, 11) is 0. The van der Waals surface area contributed by atoms with Crippen LogP contribution in [0.2, 0.25) is 0 Å². The van der Waals surface area contributed by atoms with Gasteiger partial charge in [0.15, 0.2) is 0 Å². The van der Waals surface area contributed by atoms with Gasteiger partial charge in [0.25, 0.3) is 0 Å². The first-order chi connectivity index (χ1) is 16.2. The quantitative estimate of drug-likeness (QED) is 0.205. The fraction of sp³-hybridized carbons (Fsp3) is 0.172. The van der Waals surface area contributed by atoms with E-state index in [9.17, 15) is 14.7 Å². The lowest BCUT2D eigenvalue weighted by molar-refractivity contribution is -0.129. The van der Waals surface area contributed by atoms with E-state index in [1.165, 1.54) is 0 Å². The first-order valence-corrected chi connectivity index (χ1v) is 10.8. The minimum atomic E-state index is -0.524. The molecule has 0 aliphatic rings. The van der Waals surface area contributed by atoms with E-state index in [2.05, 4.69) is 13.2 Å². The summed E-state index contributed by atoms with van der Waals surface area (Å²) in [5.41, 5.74) is 5.99. The summed E-state index contributed by atoms with van der Waals surface area (Å²) in [5, 5.41) is 10.8.